The van der Waals surface area contributed by atoms with E-state index in [1.54, 1.807) is 12.1 Å². The molecule has 2 heterocycles. The van der Waals surface area contributed by atoms with E-state index >= 15 is 0 Å². The van der Waals surface area contributed by atoms with Gasteiger partial charge in [-0.15, -0.1) is 0 Å². The van der Waals surface area contributed by atoms with Crippen LogP contribution in [0, 0.1) is 11.3 Å². The van der Waals surface area contributed by atoms with Gasteiger partial charge in [0.2, 0.25) is 0 Å². The Labute approximate surface area is 106 Å². The van der Waals surface area contributed by atoms with Crippen molar-refractivity contribution >= 4 is 5.82 Å². The van der Waals surface area contributed by atoms with Crippen molar-refractivity contribution in [1.82, 2.24) is 9.97 Å². The van der Waals surface area contributed by atoms with Crippen LogP contribution in [-0.2, 0) is 12.8 Å². The highest BCUT2D eigenvalue weighted by Gasteiger charge is 1.99. The molecule has 0 saturated heterocycles. The highest BCUT2D eigenvalue weighted by Crippen LogP contribution is 2.07. The number of nitrogens with two attached hydrogens (primary N) is 1. The lowest BCUT2D eigenvalue weighted by molar-refractivity contribution is 0.781. The van der Waals surface area contributed by atoms with Crippen LogP contribution in [0.5, 0.6) is 0 Å². The fourth-order valence-electron chi connectivity index (χ4n) is 1.77. The summed E-state index contributed by atoms with van der Waals surface area (Å²) in [6, 6.07) is 13.2. The summed E-state index contributed by atoms with van der Waals surface area (Å²) < 4.78 is 0. The molecule has 0 fully saturated rings. The molecular weight excluding hydrogens is 224 g/mol. The number of anilines is 1. The zero-order chi connectivity index (χ0) is 12.8. The van der Waals surface area contributed by atoms with E-state index in [9.17, 15) is 0 Å². The Morgan fingerprint density at radius 1 is 1.00 bits per heavy atom. The van der Waals surface area contributed by atoms with Crippen molar-refractivity contribution in [3.63, 3.8) is 0 Å². The maximum Gasteiger partial charge on any atom is 0.140 e. The summed E-state index contributed by atoms with van der Waals surface area (Å²) in [6.07, 6.45) is 2.65. The second kappa shape index (κ2) is 5.78. The van der Waals surface area contributed by atoms with Crippen molar-refractivity contribution in [2.75, 3.05) is 5.73 Å². The number of nitriles is 1. The summed E-state index contributed by atoms with van der Waals surface area (Å²) in [5.74, 6) is 0.553. The van der Waals surface area contributed by atoms with Gasteiger partial charge in [-0.1, -0.05) is 12.1 Å². The quantitative estimate of drug-likeness (QED) is 0.885. The number of aromatic nitrogens is 2. The third-order valence-corrected chi connectivity index (χ3v) is 2.62. The minimum absolute atomic E-state index is 0.467. The van der Waals surface area contributed by atoms with Gasteiger partial charge in [-0.05, 0) is 43.5 Å². The Morgan fingerprint density at radius 2 is 1.67 bits per heavy atom. The van der Waals surface area contributed by atoms with Crippen molar-refractivity contribution in [2.45, 2.75) is 19.3 Å². The molecule has 0 aliphatic carbocycles. The standard InChI is InChI=1S/C14H14N4/c15-10-13-8-2-5-11(17-13)4-1-6-12-7-3-9-14(16)18-12/h2-3,5,7-9H,1,4,6H2,(H2,16,18). The fraction of sp³-hybridized carbons (Fsp3) is 0.214. The van der Waals surface area contributed by atoms with Gasteiger partial charge in [0.15, 0.2) is 0 Å². The maximum absolute atomic E-state index is 8.76. The summed E-state index contributed by atoms with van der Waals surface area (Å²) >= 11 is 0. The third kappa shape index (κ3) is 3.29. The number of nitrogens with zero attached hydrogens (tertiary/aromatic N) is 3. The largest absolute Gasteiger partial charge is 0.384 e. The van der Waals surface area contributed by atoms with Gasteiger partial charge in [-0.3, -0.25) is 0 Å². The molecule has 2 rings (SSSR count). The van der Waals surface area contributed by atoms with Gasteiger partial charge in [0.25, 0.3) is 0 Å². The Morgan fingerprint density at radius 3 is 2.33 bits per heavy atom. The Hall–Kier alpha value is -2.41. The molecule has 0 aliphatic rings. The number of nitrogen functional groups attached to an aromatic ring is 1. The lowest BCUT2D eigenvalue weighted by atomic mass is 10.1. The van der Waals surface area contributed by atoms with E-state index in [0.29, 0.717) is 11.5 Å². The first-order chi connectivity index (χ1) is 8.78. The van der Waals surface area contributed by atoms with Gasteiger partial charge in [0.05, 0.1) is 0 Å². The Bertz CT molecular complexity index is 572. The number of rotatable bonds is 4. The maximum atomic E-state index is 8.76. The molecule has 2 aromatic rings. The van der Waals surface area contributed by atoms with E-state index in [-0.39, 0.29) is 0 Å². The SMILES string of the molecule is N#Cc1cccc(CCCc2cccc(N)n2)n1. The second-order valence-corrected chi connectivity index (χ2v) is 4.03. The van der Waals surface area contributed by atoms with Gasteiger partial charge >= 0.3 is 0 Å². The molecule has 0 spiro atoms. The summed E-state index contributed by atoms with van der Waals surface area (Å²) in [7, 11) is 0. The molecule has 2 N–H and O–H groups in total. The number of pyridine rings is 2. The van der Waals surface area contributed by atoms with E-state index in [2.05, 4.69) is 9.97 Å². The highest BCUT2D eigenvalue weighted by molar-refractivity contribution is 5.28. The normalized spacial score (nSPS) is 9.94. The fourth-order valence-corrected chi connectivity index (χ4v) is 1.77. The average molecular weight is 238 g/mol. The molecule has 90 valence electrons. The highest BCUT2D eigenvalue weighted by atomic mass is 14.8. The number of hydrogen-bond acceptors (Lipinski definition) is 4. The molecule has 2 aromatic heterocycles. The summed E-state index contributed by atoms with van der Waals surface area (Å²) in [5, 5.41) is 8.76. The number of aryl methyl sites for hydroxylation is 2. The molecule has 18 heavy (non-hydrogen) atoms. The summed E-state index contributed by atoms with van der Waals surface area (Å²) in [4.78, 5) is 8.48. The van der Waals surface area contributed by atoms with Gasteiger partial charge in [0, 0.05) is 11.4 Å². The van der Waals surface area contributed by atoms with Gasteiger partial charge < -0.3 is 5.73 Å². The van der Waals surface area contributed by atoms with Gasteiger partial charge in [-0.2, -0.15) is 5.26 Å². The molecule has 0 atom stereocenters. The smallest absolute Gasteiger partial charge is 0.140 e. The third-order valence-electron chi connectivity index (χ3n) is 2.62. The lowest BCUT2D eigenvalue weighted by Gasteiger charge is -2.02. The van der Waals surface area contributed by atoms with E-state index in [0.717, 1.165) is 30.7 Å². The molecule has 0 unspecified atom stereocenters. The zero-order valence-electron chi connectivity index (χ0n) is 10.0. The first kappa shape index (κ1) is 12.1. The van der Waals surface area contributed by atoms with Crippen molar-refractivity contribution < 1.29 is 0 Å². The van der Waals surface area contributed by atoms with Crippen LogP contribution >= 0.6 is 0 Å². The van der Waals surface area contributed by atoms with E-state index in [1.807, 2.05) is 30.3 Å². The molecular formula is C14H14N4. The van der Waals surface area contributed by atoms with Gasteiger partial charge in [0.1, 0.15) is 17.6 Å². The topological polar surface area (TPSA) is 75.6 Å². The molecule has 0 bridgehead atoms. The first-order valence-electron chi connectivity index (χ1n) is 5.85. The molecule has 0 radical (unpaired) electrons. The van der Waals surface area contributed by atoms with Crippen molar-refractivity contribution in [3.05, 3.63) is 53.5 Å². The van der Waals surface area contributed by atoms with Crippen molar-refractivity contribution in [1.29, 1.82) is 5.26 Å². The molecule has 4 nitrogen and oxygen atoms in total. The first-order valence-corrected chi connectivity index (χ1v) is 5.85. The van der Waals surface area contributed by atoms with Crippen molar-refractivity contribution in [2.24, 2.45) is 0 Å². The van der Waals surface area contributed by atoms with Crippen LogP contribution in [0.3, 0.4) is 0 Å². The van der Waals surface area contributed by atoms with Crippen LogP contribution in [0.1, 0.15) is 23.5 Å². The Balaban J connectivity index is 1.90. The van der Waals surface area contributed by atoms with Crippen LogP contribution in [0.2, 0.25) is 0 Å². The van der Waals surface area contributed by atoms with E-state index in [1.165, 1.54) is 0 Å². The Kier molecular flexibility index (Phi) is 3.87. The molecule has 0 saturated carbocycles. The number of hydrogen-bond donors (Lipinski definition) is 1. The minimum atomic E-state index is 0.467. The lowest BCUT2D eigenvalue weighted by Crippen LogP contribution is -1.98. The molecule has 0 amide bonds. The van der Waals surface area contributed by atoms with Gasteiger partial charge in [-0.25, -0.2) is 9.97 Å². The molecule has 0 aromatic carbocycles. The predicted molar refractivity (Wildman–Crippen MR) is 69.6 cm³/mol. The van der Waals surface area contributed by atoms with Crippen molar-refractivity contribution in [3.8, 4) is 6.07 Å². The summed E-state index contributed by atoms with van der Waals surface area (Å²) in [6.45, 7) is 0. The second-order valence-electron chi connectivity index (χ2n) is 4.03. The summed E-state index contributed by atoms with van der Waals surface area (Å²) in [5.41, 5.74) is 8.02. The van der Waals surface area contributed by atoms with Crippen LogP contribution in [0.4, 0.5) is 5.82 Å². The van der Waals surface area contributed by atoms with E-state index in [4.69, 9.17) is 11.0 Å². The average Bonchev–Trinajstić information content (AvgIpc) is 2.39. The predicted octanol–water partition coefficient (Wildman–Crippen LogP) is 2.11. The van der Waals surface area contributed by atoms with Crippen LogP contribution < -0.4 is 5.73 Å². The van der Waals surface area contributed by atoms with E-state index < -0.39 is 0 Å². The monoisotopic (exact) mass is 238 g/mol. The molecule has 0 aliphatic heterocycles. The minimum Gasteiger partial charge on any atom is -0.384 e. The zero-order valence-corrected chi connectivity index (χ0v) is 10.0. The molecule has 4 heteroatoms. The van der Waals surface area contributed by atoms with Crippen LogP contribution in [-0.4, -0.2) is 9.97 Å². The van der Waals surface area contributed by atoms with Crippen LogP contribution in [0.25, 0.3) is 0 Å². The van der Waals surface area contributed by atoms with Crippen LogP contribution in [0.15, 0.2) is 36.4 Å².